The third kappa shape index (κ3) is 5.44. The molecule has 5 nitrogen and oxygen atoms in total. The maximum Gasteiger partial charge on any atom is 0.224 e. The summed E-state index contributed by atoms with van der Waals surface area (Å²) >= 11 is 0. The first-order valence-corrected chi connectivity index (χ1v) is 8.41. The molecule has 0 saturated heterocycles. The zero-order valence-electron chi connectivity index (χ0n) is 14.8. The molecule has 0 aliphatic rings. The molecule has 0 aromatic carbocycles. The third-order valence-electron chi connectivity index (χ3n) is 3.96. The van der Waals surface area contributed by atoms with E-state index >= 15 is 0 Å². The second-order valence-corrected chi connectivity index (χ2v) is 6.54. The highest BCUT2D eigenvalue weighted by Gasteiger charge is 2.17. The number of hydrogen-bond donors (Lipinski definition) is 2. The fraction of sp³-hybridized carbons (Fsp3) is 0.765. The van der Waals surface area contributed by atoms with Crippen LogP contribution in [-0.2, 0) is 17.8 Å². The molecule has 126 valence electrons. The van der Waals surface area contributed by atoms with Crippen molar-refractivity contribution in [1.29, 1.82) is 0 Å². The fourth-order valence-corrected chi connectivity index (χ4v) is 2.65. The second-order valence-electron chi connectivity index (χ2n) is 6.54. The molecular formula is C17H32N4O. The van der Waals surface area contributed by atoms with E-state index in [1.165, 1.54) is 0 Å². The SMILES string of the molecule is CCCCC(CN)NC(=O)Cc1c(C)nn(CC(C)C)c1C. The Labute approximate surface area is 134 Å². The molecule has 0 bridgehead atoms. The van der Waals surface area contributed by atoms with Crippen molar-refractivity contribution in [2.75, 3.05) is 6.54 Å². The molecule has 0 radical (unpaired) electrons. The van der Waals surface area contributed by atoms with E-state index in [-0.39, 0.29) is 11.9 Å². The second kappa shape index (κ2) is 8.93. The largest absolute Gasteiger partial charge is 0.352 e. The van der Waals surface area contributed by atoms with Gasteiger partial charge in [0.2, 0.25) is 5.91 Å². The van der Waals surface area contributed by atoms with Gasteiger partial charge >= 0.3 is 0 Å². The number of carbonyl (C=O) groups is 1. The van der Waals surface area contributed by atoms with Crippen LogP contribution in [0.15, 0.2) is 0 Å². The van der Waals surface area contributed by atoms with Crippen LogP contribution in [0.4, 0.5) is 0 Å². The number of nitrogens with two attached hydrogens (primary N) is 1. The number of aryl methyl sites for hydroxylation is 1. The molecule has 0 spiro atoms. The van der Waals surface area contributed by atoms with Crippen LogP contribution < -0.4 is 11.1 Å². The average Bonchev–Trinajstić information content (AvgIpc) is 2.70. The normalized spacial score (nSPS) is 12.7. The van der Waals surface area contributed by atoms with E-state index in [4.69, 9.17) is 5.73 Å². The summed E-state index contributed by atoms with van der Waals surface area (Å²) in [7, 11) is 0. The van der Waals surface area contributed by atoms with Crippen molar-refractivity contribution in [3.05, 3.63) is 17.0 Å². The lowest BCUT2D eigenvalue weighted by molar-refractivity contribution is -0.121. The molecule has 3 N–H and O–H groups in total. The fourth-order valence-electron chi connectivity index (χ4n) is 2.65. The number of aromatic nitrogens is 2. The Balaban J connectivity index is 2.69. The van der Waals surface area contributed by atoms with E-state index in [0.29, 0.717) is 18.9 Å². The highest BCUT2D eigenvalue weighted by atomic mass is 16.1. The molecule has 1 heterocycles. The van der Waals surface area contributed by atoms with Gasteiger partial charge in [-0.05, 0) is 26.2 Å². The summed E-state index contributed by atoms with van der Waals surface area (Å²) < 4.78 is 2.01. The third-order valence-corrected chi connectivity index (χ3v) is 3.96. The van der Waals surface area contributed by atoms with Crippen LogP contribution in [-0.4, -0.2) is 28.3 Å². The number of carbonyl (C=O) groups excluding carboxylic acids is 1. The Morgan fingerprint density at radius 2 is 2.05 bits per heavy atom. The lowest BCUT2D eigenvalue weighted by Gasteiger charge is -2.16. The van der Waals surface area contributed by atoms with E-state index in [0.717, 1.165) is 42.8 Å². The average molecular weight is 308 g/mol. The monoisotopic (exact) mass is 308 g/mol. The molecule has 1 amide bonds. The smallest absolute Gasteiger partial charge is 0.224 e. The van der Waals surface area contributed by atoms with Crippen molar-refractivity contribution in [1.82, 2.24) is 15.1 Å². The molecule has 1 atom stereocenters. The van der Waals surface area contributed by atoms with Crippen molar-refractivity contribution in [2.45, 2.75) is 72.9 Å². The van der Waals surface area contributed by atoms with Gasteiger partial charge in [0, 0.05) is 30.4 Å². The summed E-state index contributed by atoms with van der Waals surface area (Å²) in [6, 6.07) is 0.0822. The van der Waals surface area contributed by atoms with Gasteiger partial charge in [0.05, 0.1) is 12.1 Å². The minimum Gasteiger partial charge on any atom is -0.352 e. The maximum absolute atomic E-state index is 12.3. The number of rotatable bonds is 9. The van der Waals surface area contributed by atoms with Crippen molar-refractivity contribution in [2.24, 2.45) is 11.7 Å². The minimum absolute atomic E-state index is 0.0434. The van der Waals surface area contributed by atoms with E-state index in [1.807, 2.05) is 18.5 Å². The highest BCUT2D eigenvalue weighted by Crippen LogP contribution is 2.15. The Kier molecular flexibility index (Phi) is 7.59. The molecule has 0 aliphatic heterocycles. The number of amides is 1. The number of unbranched alkanes of at least 4 members (excludes halogenated alkanes) is 1. The topological polar surface area (TPSA) is 72.9 Å². The maximum atomic E-state index is 12.3. The molecule has 1 aromatic rings. The number of nitrogens with one attached hydrogen (secondary N) is 1. The number of nitrogens with zero attached hydrogens (tertiary/aromatic N) is 2. The summed E-state index contributed by atoms with van der Waals surface area (Å²) in [5, 5.41) is 7.62. The van der Waals surface area contributed by atoms with Crippen molar-refractivity contribution in [3.63, 3.8) is 0 Å². The van der Waals surface area contributed by atoms with Gasteiger partial charge in [0.15, 0.2) is 0 Å². The van der Waals surface area contributed by atoms with Crippen LogP contribution in [0.3, 0.4) is 0 Å². The lowest BCUT2D eigenvalue weighted by Crippen LogP contribution is -2.41. The summed E-state index contributed by atoms with van der Waals surface area (Å²) in [6.45, 7) is 11.9. The molecule has 22 heavy (non-hydrogen) atoms. The van der Waals surface area contributed by atoms with E-state index < -0.39 is 0 Å². The van der Waals surface area contributed by atoms with Crippen LogP contribution in [0.5, 0.6) is 0 Å². The first-order chi connectivity index (χ1) is 10.4. The van der Waals surface area contributed by atoms with E-state index in [2.05, 4.69) is 31.2 Å². The van der Waals surface area contributed by atoms with Gasteiger partial charge < -0.3 is 11.1 Å². The van der Waals surface area contributed by atoms with Crippen molar-refractivity contribution < 1.29 is 4.79 Å². The van der Waals surface area contributed by atoms with Gasteiger partial charge in [-0.1, -0.05) is 33.6 Å². The van der Waals surface area contributed by atoms with Crippen molar-refractivity contribution >= 4 is 5.91 Å². The Morgan fingerprint density at radius 1 is 1.36 bits per heavy atom. The Morgan fingerprint density at radius 3 is 2.59 bits per heavy atom. The zero-order chi connectivity index (χ0) is 16.7. The van der Waals surface area contributed by atoms with Gasteiger partial charge in [-0.15, -0.1) is 0 Å². The van der Waals surface area contributed by atoms with Gasteiger partial charge in [-0.25, -0.2) is 0 Å². The summed E-state index contributed by atoms with van der Waals surface area (Å²) in [5.74, 6) is 0.581. The predicted molar refractivity (Wildman–Crippen MR) is 90.8 cm³/mol. The molecule has 1 aromatic heterocycles. The van der Waals surface area contributed by atoms with Crippen LogP contribution in [0, 0.1) is 19.8 Å². The molecule has 5 heteroatoms. The van der Waals surface area contributed by atoms with Gasteiger partial charge in [-0.2, -0.15) is 5.10 Å². The standard InChI is InChI=1S/C17H32N4O/c1-6-7-8-15(10-18)19-17(22)9-16-13(4)20-21(14(16)5)11-12(2)3/h12,15H,6-11,18H2,1-5H3,(H,19,22). The van der Waals surface area contributed by atoms with Crippen LogP contribution >= 0.6 is 0 Å². The summed E-state index contributed by atoms with van der Waals surface area (Å²) in [6.07, 6.45) is 3.54. The summed E-state index contributed by atoms with van der Waals surface area (Å²) in [4.78, 5) is 12.3. The molecular weight excluding hydrogens is 276 g/mol. The molecule has 0 saturated carbocycles. The molecule has 0 aliphatic carbocycles. The van der Waals surface area contributed by atoms with Gasteiger partial charge in [0.25, 0.3) is 0 Å². The highest BCUT2D eigenvalue weighted by molar-refractivity contribution is 5.79. The first-order valence-electron chi connectivity index (χ1n) is 8.41. The van der Waals surface area contributed by atoms with Gasteiger partial charge in [-0.3, -0.25) is 9.48 Å². The lowest BCUT2D eigenvalue weighted by atomic mass is 10.1. The predicted octanol–water partition coefficient (Wildman–Crippen LogP) is 2.33. The van der Waals surface area contributed by atoms with Crippen LogP contribution in [0.25, 0.3) is 0 Å². The van der Waals surface area contributed by atoms with Crippen LogP contribution in [0.1, 0.15) is 57.0 Å². The van der Waals surface area contributed by atoms with Gasteiger partial charge in [0.1, 0.15) is 0 Å². The van der Waals surface area contributed by atoms with Crippen molar-refractivity contribution in [3.8, 4) is 0 Å². The van der Waals surface area contributed by atoms with Crippen LogP contribution in [0.2, 0.25) is 0 Å². The molecule has 1 unspecified atom stereocenters. The van der Waals surface area contributed by atoms with E-state index in [9.17, 15) is 4.79 Å². The first kappa shape index (κ1) is 18.7. The molecule has 0 fully saturated rings. The van der Waals surface area contributed by atoms with E-state index in [1.54, 1.807) is 0 Å². The number of hydrogen-bond acceptors (Lipinski definition) is 3. The zero-order valence-corrected chi connectivity index (χ0v) is 14.8. The summed E-state index contributed by atoms with van der Waals surface area (Å²) in [5.41, 5.74) is 8.84. The Bertz CT molecular complexity index is 479. The Hall–Kier alpha value is -1.36. The molecule has 1 rings (SSSR count). The quantitative estimate of drug-likeness (QED) is 0.735. The minimum atomic E-state index is 0.0434.